The minimum Gasteiger partial charge on any atom is -0.481 e. The van der Waals surface area contributed by atoms with E-state index in [0.29, 0.717) is 24.5 Å². The molecule has 0 radical (unpaired) electrons. The number of carboxylic acids is 1. The standard InChI is InChI=1S/C10H13ClN2O2S/c1-2-10(8(14)15)3-4-13(6-10)9-12-7(11)5-16-9/h5H,2-4,6H2,1H3,(H,14,15). The molecule has 16 heavy (non-hydrogen) atoms. The summed E-state index contributed by atoms with van der Waals surface area (Å²) in [5, 5.41) is 12.3. The second-order valence-corrected chi connectivity index (χ2v) is 5.29. The van der Waals surface area contributed by atoms with Gasteiger partial charge in [-0.3, -0.25) is 4.79 Å². The molecule has 0 aliphatic carbocycles. The van der Waals surface area contributed by atoms with Crippen molar-refractivity contribution in [3.63, 3.8) is 0 Å². The van der Waals surface area contributed by atoms with E-state index in [0.717, 1.165) is 11.7 Å². The lowest BCUT2D eigenvalue weighted by Crippen LogP contribution is -2.34. The van der Waals surface area contributed by atoms with Crippen LogP contribution in [0.4, 0.5) is 5.13 Å². The monoisotopic (exact) mass is 260 g/mol. The molecule has 1 fully saturated rings. The Balaban J connectivity index is 2.16. The molecule has 6 heteroatoms. The number of hydrogen-bond donors (Lipinski definition) is 1. The van der Waals surface area contributed by atoms with Crippen LogP contribution in [0.1, 0.15) is 19.8 Å². The normalized spacial score (nSPS) is 25.0. The Morgan fingerprint density at radius 2 is 2.56 bits per heavy atom. The molecule has 0 aromatic carbocycles. The number of nitrogens with zero attached hydrogens (tertiary/aromatic N) is 2. The van der Waals surface area contributed by atoms with Gasteiger partial charge < -0.3 is 10.0 Å². The molecule has 1 aromatic heterocycles. The van der Waals surface area contributed by atoms with Gasteiger partial charge in [-0.1, -0.05) is 18.5 Å². The zero-order chi connectivity index (χ0) is 11.8. The lowest BCUT2D eigenvalue weighted by Gasteiger charge is -2.22. The van der Waals surface area contributed by atoms with Gasteiger partial charge >= 0.3 is 5.97 Å². The average molecular weight is 261 g/mol. The van der Waals surface area contributed by atoms with Crippen LogP contribution in [0.3, 0.4) is 0 Å². The zero-order valence-corrected chi connectivity index (χ0v) is 10.5. The number of halogens is 1. The topological polar surface area (TPSA) is 53.4 Å². The van der Waals surface area contributed by atoms with E-state index in [1.54, 1.807) is 5.38 Å². The summed E-state index contributed by atoms with van der Waals surface area (Å²) < 4.78 is 0. The maximum atomic E-state index is 11.3. The smallest absolute Gasteiger partial charge is 0.311 e. The van der Waals surface area contributed by atoms with Gasteiger partial charge in [-0.25, -0.2) is 4.98 Å². The largest absolute Gasteiger partial charge is 0.481 e. The van der Waals surface area contributed by atoms with Crippen LogP contribution in [0.15, 0.2) is 5.38 Å². The predicted octanol–water partition coefficient (Wildman–Crippen LogP) is 2.49. The van der Waals surface area contributed by atoms with Crippen LogP contribution < -0.4 is 4.90 Å². The first-order chi connectivity index (χ1) is 7.57. The van der Waals surface area contributed by atoms with E-state index >= 15 is 0 Å². The lowest BCUT2D eigenvalue weighted by atomic mass is 9.84. The highest BCUT2D eigenvalue weighted by Crippen LogP contribution is 2.37. The van der Waals surface area contributed by atoms with E-state index in [9.17, 15) is 9.90 Å². The molecule has 0 spiro atoms. The van der Waals surface area contributed by atoms with Gasteiger partial charge in [0.15, 0.2) is 5.13 Å². The van der Waals surface area contributed by atoms with Crippen LogP contribution in [-0.2, 0) is 4.79 Å². The van der Waals surface area contributed by atoms with E-state index < -0.39 is 11.4 Å². The maximum absolute atomic E-state index is 11.3. The summed E-state index contributed by atoms with van der Waals surface area (Å²) in [5.41, 5.74) is -0.613. The third-order valence-corrected chi connectivity index (χ3v) is 4.44. The van der Waals surface area contributed by atoms with Crippen molar-refractivity contribution in [2.45, 2.75) is 19.8 Å². The minimum absolute atomic E-state index is 0.476. The van der Waals surface area contributed by atoms with E-state index in [2.05, 4.69) is 4.98 Å². The molecule has 2 rings (SSSR count). The van der Waals surface area contributed by atoms with Gasteiger partial charge in [0.05, 0.1) is 5.41 Å². The fourth-order valence-electron chi connectivity index (χ4n) is 2.04. The number of anilines is 1. The molecule has 2 heterocycles. The van der Waals surface area contributed by atoms with Crippen molar-refractivity contribution in [1.29, 1.82) is 0 Å². The number of thiazole rings is 1. The van der Waals surface area contributed by atoms with Crippen LogP contribution in [-0.4, -0.2) is 29.1 Å². The highest BCUT2D eigenvalue weighted by molar-refractivity contribution is 7.14. The molecule has 0 bridgehead atoms. The summed E-state index contributed by atoms with van der Waals surface area (Å²) in [4.78, 5) is 17.4. The quantitative estimate of drug-likeness (QED) is 0.907. The van der Waals surface area contributed by atoms with Crippen molar-refractivity contribution >= 4 is 34.0 Å². The SMILES string of the molecule is CCC1(C(=O)O)CCN(c2nc(Cl)cs2)C1. The second kappa shape index (κ2) is 4.22. The van der Waals surface area contributed by atoms with Gasteiger partial charge in [-0.15, -0.1) is 11.3 Å². The van der Waals surface area contributed by atoms with Gasteiger partial charge in [0.1, 0.15) is 5.15 Å². The van der Waals surface area contributed by atoms with Crippen molar-refractivity contribution < 1.29 is 9.90 Å². The van der Waals surface area contributed by atoms with Crippen molar-refractivity contribution in [2.24, 2.45) is 5.41 Å². The first-order valence-corrected chi connectivity index (χ1v) is 6.42. The predicted molar refractivity (Wildman–Crippen MR) is 64.3 cm³/mol. The summed E-state index contributed by atoms with van der Waals surface area (Å²) >= 11 is 7.22. The molecular weight excluding hydrogens is 248 g/mol. The molecule has 1 aliphatic heterocycles. The Morgan fingerprint density at radius 3 is 3.00 bits per heavy atom. The van der Waals surface area contributed by atoms with Crippen LogP contribution in [0.25, 0.3) is 0 Å². The Bertz CT molecular complexity index is 409. The summed E-state index contributed by atoms with van der Waals surface area (Å²) in [5.74, 6) is -0.708. The summed E-state index contributed by atoms with van der Waals surface area (Å²) in [6.45, 7) is 3.19. The molecule has 1 aromatic rings. The molecule has 1 atom stereocenters. The highest BCUT2D eigenvalue weighted by atomic mass is 35.5. The summed E-state index contributed by atoms with van der Waals surface area (Å²) in [6.07, 6.45) is 1.33. The van der Waals surface area contributed by atoms with Gasteiger partial charge in [-0.05, 0) is 12.8 Å². The number of carbonyl (C=O) groups is 1. The van der Waals surface area contributed by atoms with E-state index in [4.69, 9.17) is 11.6 Å². The second-order valence-electron chi connectivity index (χ2n) is 4.06. The first-order valence-electron chi connectivity index (χ1n) is 5.17. The van der Waals surface area contributed by atoms with Gasteiger partial charge in [0, 0.05) is 18.5 Å². The third-order valence-electron chi connectivity index (χ3n) is 3.22. The van der Waals surface area contributed by atoms with E-state index in [-0.39, 0.29) is 0 Å². The van der Waals surface area contributed by atoms with Gasteiger partial charge in [-0.2, -0.15) is 0 Å². The molecule has 1 aliphatic rings. The number of hydrogen-bond acceptors (Lipinski definition) is 4. The molecular formula is C10H13ClN2O2S. The maximum Gasteiger partial charge on any atom is 0.311 e. The Labute approximate surface area is 103 Å². The van der Waals surface area contributed by atoms with E-state index in [1.165, 1.54) is 11.3 Å². The third kappa shape index (κ3) is 1.89. The van der Waals surface area contributed by atoms with Crippen molar-refractivity contribution in [3.8, 4) is 0 Å². The summed E-state index contributed by atoms with van der Waals surface area (Å²) in [7, 11) is 0. The lowest BCUT2D eigenvalue weighted by molar-refractivity contribution is -0.147. The Kier molecular flexibility index (Phi) is 3.08. The number of rotatable bonds is 3. The van der Waals surface area contributed by atoms with Crippen LogP contribution in [0, 0.1) is 5.41 Å². The number of carboxylic acid groups (broad SMARTS) is 1. The number of aromatic nitrogens is 1. The van der Waals surface area contributed by atoms with Crippen LogP contribution >= 0.6 is 22.9 Å². The van der Waals surface area contributed by atoms with Crippen molar-refractivity contribution in [2.75, 3.05) is 18.0 Å². The molecule has 0 amide bonds. The highest BCUT2D eigenvalue weighted by Gasteiger charge is 2.43. The van der Waals surface area contributed by atoms with Crippen LogP contribution in [0.5, 0.6) is 0 Å². The Morgan fingerprint density at radius 1 is 1.81 bits per heavy atom. The first kappa shape index (κ1) is 11.7. The molecule has 88 valence electrons. The van der Waals surface area contributed by atoms with E-state index in [1.807, 2.05) is 11.8 Å². The number of aliphatic carboxylic acids is 1. The van der Waals surface area contributed by atoms with Crippen LogP contribution in [0.2, 0.25) is 5.15 Å². The molecule has 4 nitrogen and oxygen atoms in total. The average Bonchev–Trinajstić information content (AvgIpc) is 2.84. The zero-order valence-electron chi connectivity index (χ0n) is 8.94. The minimum atomic E-state index is -0.708. The molecule has 1 N–H and O–H groups in total. The fraction of sp³-hybridized carbons (Fsp3) is 0.600. The van der Waals surface area contributed by atoms with Gasteiger partial charge in [0.2, 0.25) is 0 Å². The van der Waals surface area contributed by atoms with Gasteiger partial charge in [0.25, 0.3) is 0 Å². The summed E-state index contributed by atoms with van der Waals surface area (Å²) in [6, 6.07) is 0. The van der Waals surface area contributed by atoms with Crippen molar-refractivity contribution in [1.82, 2.24) is 4.98 Å². The Hall–Kier alpha value is -0.810. The molecule has 1 saturated heterocycles. The van der Waals surface area contributed by atoms with Crippen molar-refractivity contribution in [3.05, 3.63) is 10.5 Å². The molecule has 1 unspecified atom stereocenters. The fourth-order valence-corrected chi connectivity index (χ4v) is 3.02. The molecule has 0 saturated carbocycles.